The summed E-state index contributed by atoms with van der Waals surface area (Å²) in [6.07, 6.45) is 0. The molecule has 2 aromatic rings. The first-order valence-electron chi connectivity index (χ1n) is 6.92. The maximum atomic E-state index is 3.88. The van der Waals surface area contributed by atoms with E-state index < -0.39 is 0 Å². The molecule has 0 saturated carbocycles. The normalized spacial score (nSPS) is 15.1. The molecule has 0 spiro atoms. The van der Waals surface area contributed by atoms with Gasteiger partial charge < -0.3 is 5.32 Å². The van der Waals surface area contributed by atoms with Crippen LogP contribution in [0.2, 0.25) is 0 Å². The van der Waals surface area contributed by atoms with Gasteiger partial charge >= 0.3 is 0 Å². The van der Waals surface area contributed by atoms with Gasteiger partial charge in [0.25, 0.3) is 0 Å². The second kappa shape index (κ2) is 6.69. The number of thiophene rings is 2. The summed E-state index contributed by atoms with van der Waals surface area (Å²) in [5, 5.41) is 8.22. The van der Waals surface area contributed by atoms with Crippen molar-refractivity contribution >= 4 is 22.7 Å². The SMILES string of the molecule is CC(C)C(NC(c1cccs1)C(C)C)c1cccs1. The minimum absolute atomic E-state index is 0.439. The monoisotopic (exact) mass is 293 g/mol. The minimum Gasteiger partial charge on any atom is -0.301 e. The van der Waals surface area contributed by atoms with Crippen molar-refractivity contribution in [3.8, 4) is 0 Å². The molecule has 0 aliphatic heterocycles. The summed E-state index contributed by atoms with van der Waals surface area (Å²) >= 11 is 3.70. The zero-order valence-corrected chi connectivity index (χ0v) is 13.7. The standard InChI is InChI=1S/C16H23NS2/c1-11(2)15(13-7-5-9-18-13)17-16(12(3)4)14-8-6-10-19-14/h5-12,15-17H,1-4H3. The van der Waals surface area contributed by atoms with Crippen LogP contribution in [0.4, 0.5) is 0 Å². The number of rotatable bonds is 6. The highest BCUT2D eigenvalue weighted by molar-refractivity contribution is 7.10. The molecule has 1 nitrogen and oxygen atoms in total. The third-order valence-corrected chi connectivity index (χ3v) is 5.30. The van der Waals surface area contributed by atoms with E-state index in [4.69, 9.17) is 0 Å². The fourth-order valence-corrected chi connectivity index (χ4v) is 4.25. The van der Waals surface area contributed by atoms with Crippen molar-refractivity contribution in [2.75, 3.05) is 0 Å². The van der Waals surface area contributed by atoms with Gasteiger partial charge in [0.1, 0.15) is 0 Å². The van der Waals surface area contributed by atoms with E-state index in [1.165, 1.54) is 9.75 Å². The van der Waals surface area contributed by atoms with Gasteiger partial charge in [-0.1, -0.05) is 39.8 Å². The third kappa shape index (κ3) is 3.68. The van der Waals surface area contributed by atoms with Crippen LogP contribution in [0.3, 0.4) is 0 Å². The van der Waals surface area contributed by atoms with E-state index in [0.717, 1.165) is 0 Å². The van der Waals surface area contributed by atoms with Gasteiger partial charge in [0.05, 0.1) is 0 Å². The number of hydrogen-bond donors (Lipinski definition) is 1. The molecular formula is C16H23NS2. The molecule has 0 saturated heterocycles. The summed E-state index contributed by atoms with van der Waals surface area (Å²) in [4.78, 5) is 2.88. The second-order valence-corrected chi connectivity index (χ2v) is 7.60. The van der Waals surface area contributed by atoms with E-state index in [0.29, 0.717) is 23.9 Å². The molecule has 2 aromatic heterocycles. The lowest BCUT2D eigenvalue weighted by Crippen LogP contribution is -2.31. The van der Waals surface area contributed by atoms with Gasteiger partial charge in [-0.3, -0.25) is 0 Å². The van der Waals surface area contributed by atoms with Crippen LogP contribution in [0.15, 0.2) is 35.0 Å². The quantitative estimate of drug-likeness (QED) is 0.742. The van der Waals surface area contributed by atoms with E-state index in [9.17, 15) is 0 Å². The average Bonchev–Trinajstić information content (AvgIpc) is 3.00. The van der Waals surface area contributed by atoms with Crippen molar-refractivity contribution in [2.24, 2.45) is 11.8 Å². The lowest BCUT2D eigenvalue weighted by atomic mass is 9.97. The Morgan fingerprint density at radius 2 is 1.21 bits per heavy atom. The first kappa shape index (κ1) is 14.8. The van der Waals surface area contributed by atoms with E-state index in [1.54, 1.807) is 0 Å². The van der Waals surface area contributed by atoms with Gasteiger partial charge in [0, 0.05) is 21.8 Å². The molecule has 2 unspecified atom stereocenters. The fraction of sp³-hybridized carbons (Fsp3) is 0.500. The molecule has 0 aliphatic carbocycles. The smallest absolute Gasteiger partial charge is 0.0443 e. The molecule has 0 bridgehead atoms. The van der Waals surface area contributed by atoms with Crippen LogP contribution in [-0.2, 0) is 0 Å². The molecule has 19 heavy (non-hydrogen) atoms. The van der Waals surface area contributed by atoms with Crippen molar-refractivity contribution in [1.29, 1.82) is 0 Å². The lowest BCUT2D eigenvalue weighted by Gasteiger charge is -2.29. The largest absolute Gasteiger partial charge is 0.301 e. The van der Waals surface area contributed by atoms with Gasteiger partial charge in [-0.15, -0.1) is 22.7 Å². The van der Waals surface area contributed by atoms with Crippen molar-refractivity contribution < 1.29 is 0 Å². The van der Waals surface area contributed by atoms with E-state index in [-0.39, 0.29) is 0 Å². The van der Waals surface area contributed by atoms with Crippen LogP contribution >= 0.6 is 22.7 Å². The minimum atomic E-state index is 0.439. The highest BCUT2D eigenvalue weighted by Gasteiger charge is 2.24. The highest BCUT2D eigenvalue weighted by atomic mass is 32.1. The average molecular weight is 294 g/mol. The summed E-state index contributed by atoms with van der Waals surface area (Å²) in [6.45, 7) is 9.18. The van der Waals surface area contributed by atoms with Crippen LogP contribution in [0, 0.1) is 11.8 Å². The Kier molecular flexibility index (Phi) is 5.20. The Bertz CT molecular complexity index is 413. The van der Waals surface area contributed by atoms with E-state index in [1.807, 2.05) is 22.7 Å². The van der Waals surface area contributed by atoms with E-state index in [2.05, 4.69) is 68.0 Å². The molecule has 1 N–H and O–H groups in total. The van der Waals surface area contributed by atoms with Crippen LogP contribution in [0.5, 0.6) is 0 Å². The van der Waals surface area contributed by atoms with Crippen molar-refractivity contribution in [2.45, 2.75) is 39.8 Å². The molecule has 2 heterocycles. The molecule has 3 heteroatoms. The van der Waals surface area contributed by atoms with Crippen molar-refractivity contribution in [3.05, 3.63) is 44.8 Å². The van der Waals surface area contributed by atoms with Crippen LogP contribution < -0.4 is 5.32 Å². The Labute approximate surface area is 124 Å². The zero-order chi connectivity index (χ0) is 13.8. The Morgan fingerprint density at radius 3 is 1.47 bits per heavy atom. The predicted octanol–water partition coefficient (Wildman–Crippen LogP) is 5.49. The molecule has 2 rings (SSSR count). The van der Waals surface area contributed by atoms with Crippen LogP contribution in [0.25, 0.3) is 0 Å². The van der Waals surface area contributed by atoms with Gasteiger partial charge in [-0.05, 0) is 34.7 Å². The topological polar surface area (TPSA) is 12.0 Å². The summed E-state index contributed by atoms with van der Waals surface area (Å²) in [5.74, 6) is 1.19. The first-order chi connectivity index (χ1) is 9.09. The van der Waals surface area contributed by atoms with Crippen molar-refractivity contribution in [1.82, 2.24) is 5.32 Å². The molecular weight excluding hydrogens is 270 g/mol. The molecule has 2 atom stereocenters. The maximum absolute atomic E-state index is 3.88. The van der Waals surface area contributed by atoms with E-state index >= 15 is 0 Å². The van der Waals surface area contributed by atoms with Crippen LogP contribution in [-0.4, -0.2) is 0 Å². The predicted molar refractivity (Wildman–Crippen MR) is 86.9 cm³/mol. The van der Waals surface area contributed by atoms with Gasteiger partial charge in [-0.25, -0.2) is 0 Å². The number of hydrogen-bond acceptors (Lipinski definition) is 3. The summed E-state index contributed by atoms with van der Waals surface area (Å²) in [7, 11) is 0. The molecule has 0 fully saturated rings. The Hall–Kier alpha value is -0.640. The second-order valence-electron chi connectivity index (χ2n) is 5.64. The van der Waals surface area contributed by atoms with Gasteiger partial charge in [0.2, 0.25) is 0 Å². The lowest BCUT2D eigenvalue weighted by molar-refractivity contribution is 0.320. The van der Waals surface area contributed by atoms with Crippen LogP contribution in [0.1, 0.15) is 49.5 Å². The first-order valence-corrected chi connectivity index (χ1v) is 8.68. The number of nitrogens with one attached hydrogen (secondary N) is 1. The molecule has 0 aromatic carbocycles. The van der Waals surface area contributed by atoms with Crippen molar-refractivity contribution in [3.63, 3.8) is 0 Å². The molecule has 0 aliphatic rings. The highest BCUT2D eigenvalue weighted by Crippen LogP contribution is 2.33. The fourth-order valence-electron chi connectivity index (χ4n) is 2.34. The maximum Gasteiger partial charge on any atom is 0.0443 e. The third-order valence-electron chi connectivity index (χ3n) is 3.39. The molecule has 0 amide bonds. The van der Waals surface area contributed by atoms with Gasteiger partial charge in [0.15, 0.2) is 0 Å². The summed E-state index contributed by atoms with van der Waals surface area (Å²) < 4.78 is 0. The molecule has 0 radical (unpaired) electrons. The van der Waals surface area contributed by atoms with Gasteiger partial charge in [-0.2, -0.15) is 0 Å². The summed E-state index contributed by atoms with van der Waals surface area (Å²) in [5.41, 5.74) is 0. The zero-order valence-electron chi connectivity index (χ0n) is 12.1. The Morgan fingerprint density at radius 1 is 0.789 bits per heavy atom. The summed E-state index contributed by atoms with van der Waals surface area (Å²) in [6, 6.07) is 9.66. The Balaban J connectivity index is 2.19. The molecule has 104 valence electrons.